The second-order valence-corrected chi connectivity index (χ2v) is 15.4. The molecular weight excluding hydrogens is 740 g/mol. The zero-order valence-corrected chi connectivity index (χ0v) is 31.7. The van der Waals surface area contributed by atoms with E-state index in [0.717, 1.165) is 22.6 Å². The molecule has 0 aliphatic carbocycles. The minimum atomic E-state index is -1.25. The van der Waals surface area contributed by atoms with E-state index in [9.17, 15) is 54.3 Å². The van der Waals surface area contributed by atoms with Crippen LogP contribution in [0.2, 0.25) is 0 Å². The summed E-state index contributed by atoms with van der Waals surface area (Å²) in [5.74, 6) is -3.56. The fraction of sp³-hybridized carbons (Fsp3) is 0.657. The lowest BCUT2D eigenvalue weighted by Crippen LogP contribution is -2.53. The van der Waals surface area contributed by atoms with Crippen molar-refractivity contribution in [2.75, 3.05) is 96.5 Å². The van der Waals surface area contributed by atoms with Gasteiger partial charge in [-0.05, 0) is 37.0 Å². The molecule has 8 N–H and O–H groups in total. The molecule has 3 aliphatic heterocycles. The van der Waals surface area contributed by atoms with E-state index in [2.05, 4.69) is 16.0 Å². The molecular formula is C35H54N8O11S. The van der Waals surface area contributed by atoms with Gasteiger partial charge >= 0.3 is 23.9 Å². The molecule has 0 saturated carbocycles. The van der Waals surface area contributed by atoms with Crippen molar-refractivity contribution in [3.8, 4) is 0 Å². The number of carboxylic acids is 3. The van der Waals surface area contributed by atoms with Gasteiger partial charge in [0, 0.05) is 75.0 Å². The highest BCUT2D eigenvalue weighted by atomic mass is 32.2. The Kier molecular flexibility index (Phi) is 17.4. The van der Waals surface area contributed by atoms with Crippen molar-refractivity contribution in [3.05, 3.63) is 29.8 Å². The Morgan fingerprint density at radius 2 is 1.44 bits per heavy atom. The van der Waals surface area contributed by atoms with Crippen molar-refractivity contribution < 1.29 is 54.3 Å². The third-order valence-corrected chi connectivity index (χ3v) is 11.5. The van der Waals surface area contributed by atoms with Crippen molar-refractivity contribution >= 4 is 53.2 Å². The molecule has 306 valence electrons. The number of urea groups is 1. The number of benzene rings is 1. The van der Waals surface area contributed by atoms with Crippen LogP contribution in [0.5, 0.6) is 0 Å². The first-order chi connectivity index (χ1) is 26.3. The lowest BCUT2D eigenvalue weighted by Gasteiger charge is -2.37. The van der Waals surface area contributed by atoms with Gasteiger partial charge in [0.25, 0.3) is 0 Å². The largest absolute Gasteiger partial charge is 0.480 e. The molecule has 0 bridgehead atoms. The van der Waals surface area contributed by atoms with Crippen LogP contribution in [0.4, 0.5) is 10.5 Å². The van der Waals surface area contributed by atoms with E-state index in [1.165, 1.54) is 0 Å². The summed E-state index contributed by atoms with van der Waals surface area (Å²) < 4.78 is 0. The van der Waals surface area contributed by atoms with Crippen LogP contribution in [-0.2, 0) is 30.4 Å². The van der Waals surface area contributed by atoms with E-state index in [1.807, 2.05) is 0 Å². The van der Waals surface area contributed by atoms with Gasteiger partial charge in [-0.3, -0.25) is 43.6 Å². The van der Waals surface area contributed by atoms with Gasteiger partial charge in [-0.15, -0.1) is 0 Å². The van der Waals surface area contributed by atoms with Crippen LogP contribution in [0.3, 0.4) is 0 Å². The molecule has 4 amide bonds. The summed E-state index contributed by atoms with van der Waals surface area (Å²) >= 11 is 1.77. The first kappa shape index (κ1) is 43.7. The average molecular weight is 795 g/mol. The molecule has 4 atom stereocenters. The van der Waals surface area contributed by atoms with Crippen molar-refractivity contribution in [2.45, 2.75) is 55.5 Å². The quantitative estimate of drug-likeness (QED) is 0.0620. The van der Waals surface area contributed by atoms with Gasteiger partial charge in [-0.2, -0.15) is 11.8 Å². The topological polar surface area (TPSA) is 256 Å². The average Bonchev–Trinajstić information content (AvgIpc) is 3.68. The fourth-order valence-corrected chi connectivity index (χ4v) is 8.67. The number of aliphatic hydroxyl groups is 2. The smallest absolute Gasteiger partial charge is 0.323 e. The number of hydrogen-bond acceptors (Lipinski definition) is 13. The standard InChI is InChI=1S/C35H54N8O11S/c44-22-39-9-10-40(23-45)13-14-42(19-32(50)51)26(16-41(12-11-39)18-31(48)49)15-24-5-7-25(8-6-24)36-29(46)17-43(20-33(52)53)30(47)4-2-1-3-28-34-27(21-55-28)37-35(54)38-34/h5-8,26-28,34,44-45H,1-4,9-23H2,(H,36,46)(H,48,49)(H,50,51)(H,52,53)(H2,37,38,54). The minimum Gasteiger partial charge on any atom is -0.480 e. The molecule has 1 aromatic carbocycles. The molecule has 3 aliphatic rings. The Morgan fingerprint density at radius 3 is 2.05 bits per heavy atom. The molecule has 4 rings (SSSR count). The van der Waals surface area contributed by atoms with Crippen LogP contribution in [0.1, 0.15) is 31.2 Å². The number of aliphatic hydroxyl groups excluding tert-OH is 2. The Labute approximate surface area is 324 Å². The molecule has 0 spiro atoms. The Morgan fingerprint density at radius 1 is 0.800 bits per heavy atom. The van der Waals surface area contributed by atoms with Crippen LogP contribution in [0.25, 0.3) is 0 Å². The molecule has 19 nitrogen and oxygen atoms in total. The first-order valence-corrected chi connectivity index (χ1v) is 19.5. The zero-order chi connectivity index (χ0) is 39.9. The maximum absolute atomic E-state index is 13.0. The third-order valence-electron chi connectivity index (χ3n) is 10.0. The summed E-state index contributed by atoms with van der Waals surface area (Å²) in [6.07, 6.45) is 2.41. The number of aliphatic carboxylic acids is 3. The van der Waals surface area contributed by atoms with Crippen LogP contribution in [0.15, 0.2) is 24.3 Å². The Balaban J connectivity index is 1.36. The van der Waals surface area contributed by atoms with Gasteiger partial charge in [0.05, 0.1) is 38.6 Å². The highest BCUT2D eigenvalue weighted by Crippen LogP contribution is 2.33. The number of nitrogens with zero attached hydrogens (tertiary/aromatic N) is 5. The predicted molar refractivity (Wildman–Crippen MR) is 201 cm³/mol. The highest BCUT2D eigenvalue weighted by molar-refractivity contribution is 8.00. The SMILES string of the molecule is O=C(O)CN1CCN(CO)CCN(CO)CCN(CC(=O)O)C(Cc2ccc(NC(=O)CN(CC(=O)O)C(=O)CCCCC3SCC4NC(=O)NC43)cc2)C1. The number of carbonyl (C=O) groups is 6. The van der Waals surface area contributed by atoms with Gasteiger partial charge in [-0.25, -0.2) is 4.79 Å². The van der Waals surface area contributed by atoms with E-state index in [4.69, 9.17) is 0 Å². The van der Waals surface area contributed by atoms with E-state index < -0.39 is 48.9 Å². The zero-order valence-electron chi connectivity index (χ0n) is 30.9. The van der Waals surface area contributed by atoms with Crippen molar-refractivity contribution in [2.24, 2.45) is 0 Å². The molecule has 3 fully saturated rings. The number of rotatable bonds is 18. The number of unbranched alkanes of at least 4 members (excludes halogenated alkanes) is 1. The van der Waals surface area contributed by atoms with Crippen LogP contribution in [-0.4, -0.2) is 200 Å². The number of carbonyl (C=O) groups excluding carboxylic acids is 3. The number of amides is 4. The molecule has 55 heavy (non-hydrogen) atoms. The van der Waals surface area contributed by atoms with Gasteiger partial charge in [-0.1, -0.05) is 18.6 Å². The summed E-state index contributed by atoms with van der Waals surface area (Å²) in [7, 11) is 0. The second-order valence-electron chi connectivity index (χ2n) is 14.1. The van der Waals surface area contributed by atoms with Crippen LogP contribution < -0.4 is 16.0 Å². The summed E-state index contributed by atoms with van der Waals surface area (Å²) in [6, 6.07) is 6.31. The van der Waals surface area contributed by atoms with E-state index in [-0.39, 0.29) is 69.4 Å². The normalized spacial score (nSPS) is 23.1. The minimum absolute atomic E-state index is 0.0545. The lowest BCUT2D eigenvalue weighted by atomic mass is 10.0. The van der Waals surface area contributed by atoms with E-state index in [0.29, 0.717) is 57.7 Å². The van der Waals surface area contributed by atoms with Gasteiger partial charge < -0.3 is 46.4 Å². The van der Waals surface area contributed by atoms with Crippen LogP contribution in [0, 0.1) is 0 Å². The molecule has 4 unspecified atom stereocenters. The predicted octanol–water partition coefficient (Wildman–Crippen LogP) is -1.53. The summed E-state index contributed by atoms with van der Waals surface area (Å²) in [5.41, 5.74) is 1.17. The summed E-state index contributed by atoms with van der Waals surface area (Å²) in [5, 5.41) is 57.4. The Hall–Kier alpha value is -4.05. The number of fused-ring (bicyclic) bond motifs is 1. The maximum atomic E-state index is 13.0. The van der Waals surface area contributed by atoms with Gasteiger partial charge in [0.2, 0.25) is 11.8 Å². The second kappa shape index (κ2) is 21.9. The molecule has 3 saturated heterocycles. The van der Waals surface area contributed by atoms with E-state index >= 15 is 0 Å². The van der Waals surface area contributed by atoms with Gasteiger partial charge in [0.1, 0.15) is 13.1 Å². The number of hydrogen-bond donors (Lipinski definition) is 8. The van der Waals surface area contributed by atoms with Crippen LogP contribution >= 0.6 is 11.8 Å². The van der Waals surface area contributed by atoms with Crippen molar-refractivity contribution in [3.63, 3.8) is 0 Å². The molecule has 0 aromatic heterocycles. The highest BCUT2D eigenvalue weighted by Gasteiger charge is 2.42. The number of nitrogens with one attached hydrogen (secondary N) is 3. The maximum Gasteiger partial charge on any atom is 0.323 e. The molecule has 1 aromatic rings. The summed E-state index contributed by atoms with van der Waals surface area (Å²) in [6.45, 7) is 0.131. The van der Waals surface area contributed by atoms with Gasteiger partial charge in [0.15, 0.2) is 0 Å². The molecule has 20 heteroatoms. The molecule has 0 radical (unpaired) electrons. The van der Waals surface area contributed by atoms with Crippen molar-refractivity contribution in [1.82, 2.24) is 35.1 Å². The first-order valence-electron chi connectivity index (χ1n) is 18.5. The Bertz CT molecular complexity index is 1470. The number of anilines is 1. The number of carboxylic acid groups (broad SMARTS) is 3. The molecule has 3 heterocycles. The summed E-state index contributed by atoms with van der Waals surface area (Å²) in [4.78, 5) is 80.9. The lowest BCUT2D eigenvalue weighted by molar-refractivity contribution is -0.145. The monoisotopic (exact) mass is 794 g/mol. The van der Waals surface area contributed by atoms with E-state index in [1.54, 1.807) is 55.6 Å². The fourth-order valence-electron chi connectivity index (χ4n) is 7.13. The van der Waals surface area contributed by atoms with Crippen molar-refractivity contribution in [1.29, 1.82) is 0 Å². The number of thioether (sulfide) groups is 1. The third kappa shape index (κ3) is 14.5.